The molecular weight excluding hydrogens is 251 g/mol. The molecule has 0 bridgehead atoms. The van der Waals surface area contributed by atoms with E-state index >= 15 is 0 Å². The number of alkyl halides is 2. The van der Waals surface area contributed by atoms with E-state index in [-0.39, 0.29) is 0 Å². The molecule has 0 saturated heterocycles. The van der Waals surface area contributed by atoms with Gasteiger partial charge in [-0.05, 0) is 6.07 Å². The maximum Gasteiger partial charge on any atom is 0.203 e. The maximum atomic E-state index is 5.84. The van der Waals surface area contributed by atoms with Crippen molar-refractivity contribution in [2.75, 3.05) is 21.3 Å². The smallest absolute Gasteiger partial charge is 0.203 e. The van der Waals surface area contributed by atoms with Gasteiger partial charge in [-0.2, -0.15) is 0 Å². The first kappa shape index (κ1) is 13.3. The zero-order valence-corrected chi connectivity index (χ0v) is 11.0. The van der Waals surface area contributed by atoms with E-state index in [1.165, 1.54) is 0 Å². The standard InChI is InChI=1S/C11H14Cl2O3/c1-14-9-7(5-12)4-8(6-13)10(15-2)11(9)16-3/h4H,5-6H2,1-3H3. The second-order valence-corrected chi connectivity index (χ2v) is 3.60. The zero-order valence-electron chi connectivity index (χ0n) is 9.47. The molecule has 0 aromatic heterocycles. The predicted molar refractivity (Wildman–Crippen MR) is 65.2 cm³/mol. The third kappa shape index (κ3) is 2.30. The summed E-state index contributed by atoms with van der Waals surface area (Å²) in [6, 6.07) is 1.86. The molecule has 0 radical (unpaired) electrons. The fourth-order valence-corrected chi connectivity index (χ4v) is 1.96. The van der Waals surface area contributed by atoms with E-state index in [9.17, 15) is 0 Å². The average molecular weight is 265 g/mol. The van der Waals surface area contributed by atoms with Crippen molar-refractivity contribution in [3.8, 4) is 17.2 Å². The van der Waals surface area contributed by atoms with Crippen molar-refractivity contribution in [1.82, 2.24) is 0 Å². The summed E-state index contributed by atoms with van der Waals surface area (Å²) in [7, 11) is 4.68. The van der Waals surface area contributed by atoms with Crippen LogP contribution in [0.4, 0.5) is 0 Å². The summed E-state index contributed by atoms with van der Waals surface area (Å²) in [5.41, 5.74) is 1.66. The van der Waals surface area contributed by atoms with Crippen molar-refractivity contribution < 1.29 is 14.2 Å². The molecule has 0 atom stereocenters. The number of hydrogen-bond acceptors (Lipinski definition) is 3. The van der Waals surface area contributed by atoms with Gasteiger partial charge in [0, 0.05) is 11.1 Å². The normalized spacial score (nSPS) is 10.1. The van der Waals surface area contributed by atoms with Crippen LogP contribution in [0.3, 0.4) is 0 Å². The monoisotopic (exact) mass is 264 g/mol. The van der Waals surface area contributed by atoms with E-state index in [0.717, 1.165) is 11.1 Å². The van der Waals surface area contributed by atoms with Crippen LogP contribution in [0.1, 0.15) is 11.1 Å². The second kappa shape index (κ2) is 6.06. The molecule has 0 amide bonds. The highest BCUT2D eigenvalue weighted by atomic mass is 35.5. The van der Waals surface area contributed by atoms with Gasteiger partial charge in [-0.15, -0.1) is 23.2 Å². The van der Waals surface area contributed by atoms with Crippen LogP contribution in [0.15, 0.2) is 6.07 Å². The van der Waals surface area contributed by atoms with E-state index in [1.54, 1.807) is 21.3 Å². The topological polar surface area (TPSA) is 27.7 Å². The Balaban J connectivity index is 3.47. The Hall–Kier alpha value is -0.800. The molecule has 0 fully saturated rings. The van der Waals surface area contributed by atoms with Gasteiger partial charge < -0.3 is 14.2 Å². The summed E-state index contributed by atoms with van der Waals surface area (Å²) in [6.45, 7) is 0. The molecule has 1 aromatic rings. The van der Waals surface area contributed by atoms with Gasteiger partial charge in [0.25, 0.3) is 0 Å². The number of hydrogen-bond donors (Lipinski definition) is 0. The lowest BCUT2D eigenvalue weighted by molar-refractivity contribution is 0.321. The summed E-state index contributed by atoms with van der Waals surface area (Å²) in [5.74, 6) is 2.35. The summed E-state index contributed by atoms with van der Waals surface area (Å²) in [5, 5.41) is 0. The van der Waals surface area contributed by atoms with Crippen molar-refractivity contribution in [1.29, 1.82) is 0 Å². The van der Waals surface area contributed by atoms with Gasteiger partial charge in [0.1, 0.15) is 0 Å². The zero-order chi connectivity index (χ0) is 12.1. The summed E-state index contributed by atoms with van der Waals surface area (Å²) in [6.07, 6.45) is 0. The van der Waals surface area contributed by atoms with E-state index in [1.807, 2.05) is 6.07 Å². The lowest BCUT2D eigenvalue weighted by Crippen LogP contribution is -2.01. The minimum atomic E-state index is 0.327. The Kier molecular flexibility index (Phi) is 5.03. The summed E-state index contributed by atoms with van der Waals surface area (Å²) in [4.78, 5) is 0. The highest BCUT2D eigenvalue weighted by molar-refractivity contribution is 6.18. The predicted octanol–water partition coefficient (Wildman–Crippen LogP) is 3.19. The third-order valence-electron chi connectivity index (χ3n) is 2.24. The number of halogens is 2. The van der Waals surface area contributed by atoms with Crippen molar-refractivity contribution in [3.05, 3.63) is 17.2 Å². The van der Waals surface area contributed by atoms with Gasteiger partial charge in [0.2, 0.25) is 5.75 Å². The number of benzene rings is 1. The van der Waals surface area contributed by atoms with Crippen molar-refractivity contribution >= 4 is 23.2 Å². The fourth-order valence-electron chi connectivity index (χ4n) is 1.57. The molecule has 0 aliphatic carbocycles. The lowest BCUT2D eigenvalue weighted by Gasteiger charge is -2.17. The first-order valence-electron chi connectivity index (χ1n) is 4.66. The molecule has 0 aliphatic heterocycles. The maximum absolute atomic E-state index is 5.84. The van der Waals surface area contributed by atoms with Crippen LogP contribution in [0.5, 0.6) is 17.2 Å². The van der Waals surface area contributed by atoms with Gasteiger partial charge in [0.15, 0.2) is 11.5 Å². The van der Waals surface area contributed by atoms with Crippen LogP contribution in [0.25, 0.3) is 0 Å². The molecular formula is C11H14Cl2O3. The van der Waals surface area contributed by atoms with Gasteiger partial charge in [0.05, 0.1) is 33.1 Å². The first-order chi connectivity index (χ1) is 7.73. The molecule has 90 valence electrons. The van der Waals surface area contributed by atoms with Gasteiger partial charge in [-0.3, -0.25) is 0 Å². The Morgan fingerprint density at radius 2 is 1.19 bits per heavy atom. The molecule has 0 unspecified atom stereocenters. The van der Waals surface area contributed by atoms with E-state index in [0.29, 0.717) is 29.0 Å². The summed E-state index contributed by atoms with van der Waals surface area (Å²) < 4.78 is 15.8. The van der Waals surface area contributed by atoms with Crippen LogP contribution >= 0.6 is 23.2 Å². The molecule has 0 aliphatic rings. The van der Waals surface area contributed by atoms with Gasteiger partial charge in [-0.25, -0.2) is 0 Å². The van der Waals surface area contributed by atoms with E-state index in [2.05, 4.69) is 0 Å². The fraction of sp³-hybridized carbons (Fsp3) is 0.455. The lowest BCUT2D eigenvalue weighted by atomic mass is 10.1. The Morgan fingerprint density at radius 3 is 1.44 bits per heavy atom. The molecule has 0 N–H and O–H groups in total. The Labute approximate surface area is 105 Å². The number of ether oxygens (including phenoxy) is 3. The Bertz CT molecular complexity index is 336. The minimum Gasteiger partial charge on any atom is -0.492 e. The van der Waals surface area contributed by atoms with Crippen LogP contribution < -0.4 is 14.2 Å². The minimum absolute atomic E-state index is 0.327. The van der Waals surface area contributed by atoms with E-state index < -0.39 is 0 Å². The van der Waals surface area contributed by atoms with Crippen molar-refractivity contribution in [2.24, 2.45) is 0 Å². The third-order valence-corrected chi connectivity index (χ3v) is 2.82. The molecule has 0 saturated carbocycles. The molecule has 0 heterocycles. The molecule has 3 nitrogen and oxygen atoms in total. The van der Waals surface area contributed by atoms with Gasteiger partial charge >= 0.3 is 0 Å². The highest BCUT2D eigenvalue weighted by Gasteiger charge is 2.19. The van der Waals surface area contributed by atoms with E-state index in [4.69, 9.17) is 37.4 Å². The number of methoxy groups -OCH3 is 3. The van der Waals surface area contributed by atoms with Crippen LogP contribution in [0.2, 0.25) is 0 Å². The highest BCUT2D eigenvalue weighted by Crippen LogP contribution is 2.43. The first-order valence-corrected chi connectivity index (χ1v) is 5.73. The van der Waals surface area contributed by atoms with Crippen molar-refractivity contribution in [3.63, 3.8) is 0 Å². The largest absolute Gasteiger partial charge is 0.492 e. The molecule has 16 heavy (non-hydrogen) atoms. The number of rotatable bonds is 5. The SMILES string of the molecule is COc1c(CCl)cc(CCl)c(OC)c1OC. The molecule has 0 spiro atoms. The van der Waals surface area contributed by atoms with Crippen LogP contribution in [-0.4, -0.2) is 21.3 Å². The average Bonchev–Trinajstić information content (AvgIpc) is 2.35. The van der Waals surface area contributed by atoms with Crippen LogP contribution in [-0.2, 0) is 11.8 Å². The molecule has 1 aromatic carbocycles. The summed E-state index contributed by atoms with van der Waals surface area (Å²) >= 11 is 11.7. The molecule has 1 rings (SSSR count). The second-order valence-electron chi connectivity index (χ2n) is 3.06. The Morgan fingerprint density at radius 1 is 0.812 bits per heavy atom. The molecule has 5 heteroatoms. The van der Waals surface area contributed by atoms with Crippen molar-refractivity contribution in [2.45, 2.75) is 11.8 Å². The van der Waals surface area contributed by atoms with Crippen LogP contribution in [0, 0.1) is 0 Å². The van der Waals surface area contributed by atoms with Gasteiger partial charge in [-0.1, -0.05) is 0 Å². The quantitative estimate of drug-likeness (QED) is 0.765.